The van der Waals surface area contributed by atoms with Crippen molar-refractivity contribution in [2.75, 3.05) is 0 Å². The molecular formula is C10H20O3. The first-order valence-electron chi connectivity index (χ1n) is 4.69. The number of carbonyl (C=O) groups is 1. The van der Waals surface area contributed by atoms with Gasteiger partial charge in [0.15, 0.2) is 0 Å². The maximum Gasteiger partial charge on any atom is 0.309 e. The van der Waals surface area contributed by atoms with Crippen molar-refractivity contribution in [3.63, 3.8) is 0 Å². The summed E-state index contributed by atoms with van der Waals surface area (Å²) in [5.74, 6) is -1.53. The molecule has 0 saturated heterocycles. The van der Waals surface area contributed by atoms with Gasteiger partial charge in [0, 0.05) is 0 Å². The van der Waals surface area contributed by atoms with Gasteiger partial charge in [-0.15, -0.1) is 0 Å². The van der Waals surface area contributed by atoms with E-state index in [4.69, 9.17) is 5.11 Å². The van der Waals surface area contributed by atoms with Gasteiger partial charge in [-0.3, -0.25) is 4.79 Å². The molecule has 0 aliphatic rings. The molecule has 3 nitrogen and oxygen atoms in total. The molecule has 0 radical (unpaired) electrons. The quantitative estimate of drug-likeness (QED) is 0.708. The first-order chi connectivity index (χ1) is 5.78. The summed E-state index contributed by atoms with van der Waals surface area (Å²) in [4.78, 5) is 10.7. The van der Waals surface area contributed by atoms with Gasteiger partial charge in [0.2, 0.25) is 0 Å². The molecule has 0 aliphatic carbocycles. The normalized spacial score (nSPS) is 16.7. The zero-order chi connectivity index (χ0) is 10.6. The molecule has 2 unspecified atom stereocenters. The van der Waals surface area contributed by atoms with Gasteiger partial charge in [-0.2, -0.15) is 0 Å². The number of hydrogen-bond donors (Lipinski definition) is 2. The number of hydrogen-bond acceptors (Lipinski definition) is 2. The summed E-state index contributed by atoms with van der Waals surface area (Å²) < 4.78 is 0. The average molecular weight is 188 g/mol. The lowest BCUT2D eigenvalue weighted by Gasteiger charge is -2.25. The SMILES string of the molecule is CCC(C(=O)O)C(O)CC(C)(C)C. The fourth-order valence-electron chi connectivity index (χ4n) is 1.38. The topological polar surface area (TPSA) is 57.5 Å². The van der Waals surface area contributed by atoms with Crippen LogP contribution >= 0.6 is 0 Å². The van der Waals surface area contributed by atoms with Crippen molar-refractivity contribution in [2.24, 2.45) is 11.3 Å². The molecule has 0 aromatic heterocycles. The molecule has 0 bridgehead atoms. The van der Waals surface area contributed by atoms with E-state index >= 15 is 0 Å². The Hall–Kier alpha value is -0.570. The maximum absolute atomic E-state index is 10.7. The molecule has 0 aromatic carbocycles. The van der Waals surface area contributed by atoms with Crippen molar-refractivity contribution in [1.29, 1.82) is 0 Å². The molecule has 0 saturated carbocycles. The van der Waals surface area contributed by atoms with E-state index in [9.17, 15) is 9.90 Å². The Bertz CT molecular complexity index is 169. The summed E-state index contributed by atoms with van der Waals surface area (Å²) in [6.45, 7) is 7.75. The van der Waals surface area contributed by atoms with Crippen LogP contribution in [0.25, 0.3) is 0 Å². The number of aliphatic hydroxyl groups excluding tert-OH is 1. The highest BCUT2D eigenvalue weighted by molar-refractivity contribution is 5.70. The van der Waals surface area contributed by atoms with Gasteiger partial charge < -0.3 is 10.2 Å². The van der Waals surface area contributed by atoms with Crippen LogP contribution in [0.2, 0.25) is 0 Å². The van der Waals surface area contributed by atoms with Crippen LogP contribution in [0.3, 0.4) is 0 Å². The van der Waals surface area contributed by atoms with E-state index in [1.165, 1.54) is 0 Å². The van der Waals surface area contributed by atoms with Crippen molar-refractivity contribution in [1.82, 2.24) is 0 Å². The predicted octanol–water partition coefficient (Wildman–Crippen LogP) is 1.89. The molecule has 2 atom stereocenters. The van der Waals surface area contributed by atoms with E-state index < -0.39 is 18.0 Å². The highest BCUT2D eigenvalue weighted by Crippen LogP contribution is 2.25. The van der Waals surface area contributed by atoms with E-state index in [0.717, 1.165) is 0 Å². The van der Waals surface area contributed by atoms with Crippen LogP contribution < -0.4 is 0 Å². The largest absolute Gasteiger partial charge is 0.481 e. The van der Waals surface area contributed by atoms with Crippen LogP contribution in [-0.2, 0) is 4.79 Å². The second-order valence-corrected chi connectivity index (χ2v) is 4.69. The zero-order valence-corrected chi connectivity index (χ0v) is 8.87. The summed E-state index contributed by atoms with van der Waals surface area (Å²) in [5, 5.41) is 18.4. The monoisotopic (exact) mass is 188 g/mol. The zero-order valence-electron chi connectivity index (χ0n) is 8.87. The minimum absolute atomic E-state index is 0.0255. The second-order valence-electron chi connectivity index (χ2n) is 4.69. The fraction of sp³-hybridized carbons (Fsp3) is 0.900. The fourth-order valence-corrected chi connectivity index (χ4v) is 1.38. The van der Waals surface area contributed by atoms with Crippen molar-refractivity contribution >= 4 is 5.97 Å². The van der Waals surface area contributed by atoms with Crippen LogP contribution in [0.5, 0.6) is 0 Å². The maximum atomic E-state index is 10.7. The van der Waals surface area contributed by atoms with Gasteiger partial charge in [0.05, 0.1) is 12.0 Å². The standard InChI is InChI=1S/C10H20O3/c1-5-7(9(12)13)8(11)6-10(2,3)4/h7-8,11H,5-6H2,1-4H3,(H,12,13). The summed E-state index contributed by atoms with van der Waals surface area (Å²) in [6, 6.07) is 0. The Morgan fingerprint density at radius 1 is 1.38 bits per heavy atom. The Kier molecular flexibility index (Phi) is 4.40. The van der Waals surface area contributed by atoms with Crippen molar-refractivity contribution in [2.45, 2.75) is 46.6 Å². The lowest BCUT2D eigenvalue weighted by molar-refractivity contribution is -0.146. The Morgan fingerprint density at radius 2 is 1.85 bits per heavy atom. The number of carboxylic acids is 1. The molecule has 0 aromatic rings. The van der Waals surface area contributed by atoms with E-state index in [1.54, 1.807) is 6.92 Å². The van der Waals surface area contributed by atoms with Crippen LogP contribution in [0.1, 0.15) is 40.5 Å². The molecule has 0 rings (SSSR count). The first kappa shape index (κ1) is 12.4. The van der Waals surface area contributed by atoms with Crippen molar-refractivity contribution < 1.29 is 15.0 Å². The molecule has 0 spiro atoms. The van der Waals surface area contributed by atoms with Crippen LogP contribution in [-0.4, -0.2) is 22.3 Å². The van der Waals surface area contributed by atoms with Gasteiger partial charge >= 0.3 is 5.97 Å². The second kappa shape index (κ2) is 4.61. The highest BCUT2D eigenvalue weighted by Gasteiger charge is 2.28. The van der Waals surface area contributed by atoms with Crippen molar-refractivity contribution in [3.05, 3.63) is 0 Å². The number of rotatable bonds is 4. The van der Waals surface area contributed by atoms with Gasteiger partial charge in [0.25, 0.3) is 0 Å². The summed E-state index contributed by atoms with van der Waals surface area (Å²) in [6.07, 6.45) is 0.271. The van der Waals surface area contributed by atoms with Gasteiger partial charge in [0.1, 0.15) is 0 Å². The van der Waals surface area contributed by atoms with E-state index in [2.05, 4.69) is 0 Å². The third-order valence-corrected chi connectivity index (χ3v) is 2.04. The minimum atomic E-state index is -0.903. The molecule has 2 N–H and O–H groups in total. The van der Waals surface area contributed by atoms with Gasteiger partial charge in [-0.1, -0.05) is 27.7 Å². The first-order valence-corrected chi connectivity index (χ1v) is 4.69. The number of aliphatic carboxylic acids is 1. The molecule has 0 aliphatic heterocycles. The molecule has 78 valence electrons. The number of carboxylic acid groups (broad SMARTS) is 1. The Labute approximate surface area is 79.8 Å². The predicted molar refractivity (Wildman–Crippen MR) is 51.5 cm³/mol. The molecule has 0 fully saturated rings. The lowest BCUT2D eigenvalue weighted by Crippen LogP contribution is -2.31. The van der Waals surface area contributed by atoms with E-state index in [1.807, 2.05) is 20.8 Å². The highest BCUT2D eigenvalue weighted by atomic mass is 16.4. The smallest absolute Gasteiger partial charge is 0.309 e. The molecule has 13 heavy (non-hydrogen) atoms. The Morgan fingerprint density at radius 3 is 2.08 bits per heavy atom. The summed E-state index contributed by atoms with van der Waals surface area (Å²) in [5.41, 5.74) is -0.0255. The Balaban J connectivity index is 4.22. The van der Waals surface area contributed by atoms with Crippen LogP contribution in [0.4, 0.5) is 0 Å². The average Bonchev–Trinajstić information content (AvgIpc) is 1.82. The van der Waals surface area contributed by atoms with Crippen LogP contribution in [0, 0.1) is 11.3 Å². The molecule has 3 heteroatoms. The van der Waals surface area contributed by atoms with Gasteiger partial charge in [-0.25, -0.2) is 0 Å². The van der Waals surface area contributed by atoms with E-state index in [0.29, 0.717) is 12.8 Å². The third-order valence-electron chi connectivity index (χ3n) is 2.04. The minimum Gasteiger partial charge on any atom is -0.481 e. The van der Waals surface area contributed by atoms with Crippen molar-refractivity contribution in [3.8, 4) is 0 Å². The number of aliphatic hydroxyl groups is 1. The van der Waals surface area contributed by atoms with Gasteiger partial charge in [-0.05, 0) is 18.3 Å². The lowest BCUT2D eigenvalue weighted by atomic mass is 9.84. The van der Waals surface area contributed by atoms with E-state index in [-0.39, 0.29) is 5.41 Å². The summed E-state index contributed by atoms with van der Waals surface area (Å²) in [7, 11) is 0. The molecule has 0 heterocycles. The molecule has 0 amide bonds. The summed E-state index contributed by atoms with van der Waals surface area (Å²) >= 11 is 0. The van der Waals surface area contributed by atoms with Crippen LogP contribution in [0.15, 0.2) is 0 Å². The third kappa shape index (κ3) is 4.88. The molecular weight excluding hydrogens is 168 g/mol.